The minimum atomic E-state index is -2.56. The van der Waals surface area contributed by atoms with Crippen LogP contribution in [-0.4, -0.2) is 121 Å². The van der Waals surface area contributed by atoms with Gasteiger partial charge < -0.3 is 43.7 Å². The summed E-state index contributed by atoms with van der Waals surface area (Å²) in [5, 5.41) is 5.49. The van der Waals surface area contributed by atoms with E-state index in [2.05, 4.69) is 10.6 Å². The van der Waals surface area contributed by atoms with Crippen molar-refractivity contribution in [3.63, 3.8) is 0 Å². The van der Waals surface area contributed by atoms with Gasteiger partial charge in [0, 0.05) is 38.2 Å². The maximum absolute atomic E-state index is 11.8. The summed E-state index contributed by atoms with van der Waals surface area (Å²) in [4.78, 5) is 44.4. The fraction of sp³-hybridized carbons (Fsp3) is 0.885. The molecule has 0 saturated carbocycles. The third kappa shape index (κ3) is 33.5. The second kappa shape index (κ2) is 29.3. The average molecular weight is 647 g/mol. The lowest BCUT2D eigenvalue weighted by Crippen LogP contribution is -2.28. The van der Waals surface area contributed by atoms with Crippen LogP contribution in [0.3, 0.4) is 0 Å². The molecule has 0 rings (SSSR count). The van der Waals surface area contributed by atoms with Crippen molar-refractivity contribution < 1.29 is 47.5 Å². The van der Waals surface area contributed by atoms with Gasteiger partial charge in [-0.15, -0.1) is 0 Å². The summed E-state index contributed by atoms with van der Waals surface area (Å²) in [6.45, 7) is 3.66. The largest absolute Gasteiger partial charge is 0.464 e. The van der Waals surface area contributed by atoms with Gasteiger partial charge in [0.1, 0.15) is 6.61 Å². The Bertz CT molecular complexity index is 716. The van der Waals surface area contributed by atoms with Crippen LogP contribution in [0.4, 0.5) is 0 Å². The Kier molecular flexibility index (Phi) is 28.7. The van der Waals surface area contributed by atoms with E-state index in [-0.39, 0.29) is 44.0 Å². The van der Waals surface area contributed by atoms with E-state index in [1.807, 2.05) is 6.26 Å². The summed E-state index contributed by atoms with van der Waals surface area (Å²) in [7, 11) is 0. The summed E-state index contributed by atoms with van der Waals surface area (Å²) < 4.78 is 31.9. The van der Waals surface area contributed by atoms with Crippen molar-refractivity contribution in [2.24, 2.45) is 0 Å². The Labute approximate surface area is 254 Å². The van der Waals surface area contributed by atoms with Gasteiger partial charge in [-0.1, -0.05) is 19.3 Å². The van der Waals surface area contributed by atoms with Gasteiger partial charge in [0.2, 0.25) is 11.8 Å². The Morgan fingerprint density at radius 1 is 0.683 bits per heavy atom. The van der Waals surface area contributed by atoms with Crippen LogP contribution < -0.4 is 10.6 Å². The molecule has 15 heteroatoms. The zero-order valence-electron chi connectivity index (χ0n) is 24.7. The van der Waals surface area contributed by atoms with Crippen LogP contribution in [0.1, 0.15) is 51.4 Å². The number of hydrogen-bond acceptors (Lipinski definition) is 11. The summed E-state index contributed by atoms with van der Waals surface area (Å²) in [6.07, 6.45) is 7.52. The lowest BCUT2D eigenvalue weighted by Gasteiger charge is -2.09. The highest BCUT2D eigenvalue weighted by Crippen LogP contribution is 2.37. The lowest BCUT2D eigenvalue weighted by molar-refractivity contribution is -0.144. The Balaban J connectivity index is 3.32. The highest BCUT2D eigenvalue weighted by molar-refractivity contribution is 8.09. The van der Waals surface area contributed by atoms with Crippen LogP contribution in [0.25, 0.3) is 0 Å². The summed E-state index contributed by atoms with van der Waals surface area (Å²) in [6, 6.07) is 0. The number of ether oxygens (including phenoxy) is 5. The third-order valence-electron chi connectivity index (χ3n) is 5.23. The Hall–Kier alpha value is -0.830. The minimum absolute atomic E-state index is 0.0409. The summed E-state index contributed by atoms with van der Waals surface area (Å²) >= 11 is 6.45. The van der Waals surface area contributed by atoms with Crippen molar-refractivity contribution in [3.05, 3.63) is 0 Å². The molecule has 0 aliphatic rings. The highest BCUT2D eigenvalue weighted by atomic mass is 32.5. The van der Waals surface area contributed by atoms with Crippen LogP contribution in [-0.2, 0) is 54.4 Å². The van der Waals surface area contributed by atoms with Crippen LogP contribution in [0, 0.1) is 0 Å². The van der Waals surface area contributed by atoms with E-state index in [9.17, 15) is 19.3 Å². The molecule has 0 spiro atoms. The number of carbonyl (C=O) groups excluding carboxylic acids is 3. The van der Waals surface area contributed by atoms with Crippen molar-refractivity contribution in [1.82, 2.24) is 10.6 Å². The first kappa shape index (κ1) is 40.2. The average Bonchev–Trinajstić information content (AvgIpc) is 2.92. The normalized spacial score (nSPS) is 12.6. The number of esters is 1. The Morgan fingerprint density at radius 3 is 1.80 bits per heavy atom. The molecule has 0 bridgehead atoms. The standard InChI is InChI=1S/C26H51N2O10PS2/c1-39(32,40)38-13-7-5-3-4-6-8-26(31)37-16-12-28-24(29)9-14-33-17-19-35-21-22-36-20-18-34-15-11-27-25(30)10-23-41-2/h3-23H2,1-2H3,(H,27,30)(H,28,29)(H,32,40). The second-order valence-corrected chi connectivity index (χ2v) is 13.9. The maximum atomic E-state index is 11.8. The number of unbranched alkanes of at least 4 members (excludes halogenated alkanes) is 4. The monoisotopic (exact) mass is 646 g/mol. The zero-order chi connectivity index (χ0) is 30.4. The van der Waals surface area contributed by atoms with Gasteiger partial charge in [-0.2, -0.15) is 11.8 Å². The van der Waals surface area contributed by atoms with Crippen LogP contribution in [0.2, 0.25) is 0 Å². The molecule has 242 valence electrons. The second-order valence-electron chi connectivity index (χ2n) is 9.02. The molecule has 2 amide bonds. The van der Waals surface area contributed by atoms with Gasteiger partial charge in [0.15, 0.2) is 6.49 Å². The molecule has 0 aromatic rings. The van der Waals surface area contributed by atoms with Gasteiger partial charge in [0.05, 0.1) is 66.0 Å². The first-order valence-electron chi connectivity index (χ1n) is 14.2. The summed E-state index contributed by atoms with van der Waals surface area (Å²) in [5.41, 5.74) is 0. The zero-order valence-corrected chi connectivity index (χ0v) is 27.3. The number of nitrogens with one attached hydrogen (secondary N) is 2. The minimum Gasteiger partial charge on any atom is -0.464 e. The molecule has 12 nitrogen and oxygen atoms in total. The quantitative estimate of drug-likeness (QED) is 0.0597. The molecule has 0 heterocycles. The maximum Gasteiger partial charge on any atom is 0.305 e. The predicted octanol–water partition coefficient (Wildman–Crippen LogP) is 2.26. The molecule has 1 unspecified atom stereocenters. The van der Waals surface area contributed by atoms with E-state index >= 15 is 0 Å². The number of thioether (sulfide) groups is 1. The van der Waals surface area contributed by atoms with E-state index < -0.39 is 6.49 Å². The van der Waals surface area contributed by atoms with E-state index in [0.29, 0.717) is 72.2 Å². The number of carbonyl (C=O) groups is 3. The fourth-order valence-electron chi connectivity index (χ4n) is 3.12. The molecule has 0 aromatic carbocycles. The van der Waals surface area contributed by atoms with Crippen molar-refractivity contribution >= 4 is 47.8 Å². The van der Waals surface area contributed by atoms with E-state index in [1.54, 1.807) is 11.8 Å². The molecule has 0 radical (unpaired) electrons. The molecular formula is C26H51N2O10PS2. The van der Waals surface area contributed by atoms with Crippen molar-refractivity contribution in [2.75, 3.05) is 97.8 Å². The fourth-order valence-corrected chi connectivity index (χ4v) is 4.20. The van der Waals surface area contributed by atoms with E-state index in [0.717, 1.165) is 37.9 Å². The van der Waals surface area contributed by atoms with Crippen molar-refractivity contribution in [3.8, 4) is 0 Å². The molecule has 0 fully saturated rings. The van der Waals surface area contributed by atoms with Crippen molar-refractivity contribution in [1.29, 1.82) is 0 Å². The van der Waals surface area contributed by atoms with Gasteiger partial charge in [-0.05, 0) is 30.9 Å². The number of amides is 2. The lowest BCUT2D eigenvalue weighted by atomic mass is 10.1. The van der Waals surface area contributed by atoms with Gasteiger partial charge in [-0.3, -0.25) is 14.4 Å². The number of rotatable bonds is 30. The number of hydrogen-bond donors (Lipinski definition) is 3. The smallest absolute Gasteiger partial charge is 0.305 e. The first-order chi connectivity index (χ1) is 19.7. The van der Waals surface area contributed by atoms with Gasteiger partial charge in [0.25, 0.3) is 0 Å². The highest BCUT2D eigenvalue weighted by Gasteiger charge is 2.06. The van der Waals surface area contributed by atoms with Gasteiger partial charge >= 0.3 is 5.97 Å². The molecule has 3 N–H and O–H groups in total. The van der Waals surface area contributed by atoms with Crippen LogP contribution in [0.15, 0.2) is 0 Å². The first-order valence-corrected chi connectivity index (χ1v) is 18.7. The van der Waals surface area contributed by atoms with Crippen molar-refractivity contribution in [2.45, 2.75) is 51.4 Å². The SMILES string of the molecule is CSCCC(=O)NCCOCCOCCOCCOCCC(=O)NCCOC(=O)CCCCCCCOP(C)(O)=S. The summed E-state index contributed by atoms with van der Waals surface area (Å²) in [5.74, 6) is 0.425. The molecule has 1 atom stereocenters. The molecule has 0 aromatic heterocycles. The topological polar surface area (TPSA) is 151 Å². The molecular weight excluding hydrogens is 595 g/mol. The Morgan fingerprint density at radius 2 is 1.20 bits per heavy atom. The van der Waals surface area contributed by atoms with E-state index in [4.69, 9.17) is 40.0 Å². The van der Waals surface area contributed by atoms with Gasteiger partial charge in [-0.25, -0.2) is 0 Å². The molecule has 0 saturated heterocycles. The van der Waals surface area contributed by atoms with Crippen LogP contribution in [0.5, 0.6) is 0 Å². The molecule has 41 heavy (non-hydrogen) atoms. The van der Waals surface area contributed by atoms with E-state index in [1.165, 1.54) is 6.66 Å². The predicted molar refractivity (Wildman–Crippen MR) is 164 cm³/mol. The van der Waals surface area contributed by atoms with Crippen LogP contribution >= 0.6 is 18.3 Å². The molecule has 0 aliphatic heterocycles. The molecule has 0 aliphatic carbocycles. The third-order valence-corrected chi connectivity index (χ3v) is 6.82.